The standard InChI is InChI=1S/C12H22BrO4P/c13-17-18(14,15-11-7-3-1-4-8-11)16-12-9-5-2-6-10-12/h11-12H,1-10H2. The second kappa shape index (κ2) is 7.39. The number of phosphoric ester groups is 1. The molecule has 0 aromatic rings. The molecule has 6 heteroatoms. The molecular formula is C12H22BrO4P. The fraction of sp³-hybridized carbons (Fsp3) is 1.00. The van der Waals surface area contributed by atoms with Crippen LogP contribution in [-0.2, 0) is 17.2 Å². The summed E-state index contributed by atoms with van der Waals surface area (Å²) >= 11 is 2.81. The average Bonchev–Trinajstić information content (AvgIpc) is 2.41. The molecule has 2 rings (SSSR count). The molecule has 0 heterocycles. The van der Waals surface area contributed by atoms with Crippen LogP contribution in [0.5, 0.6) is 0 Å². The first-order chi connectivity index (χ1) is 8.72. The van der Waals surface area contributed by atoms with Crippen LogP contribution < -0.4 is 0 Å². The zero-order valence-electron chi connectivity index (χ0n) is 10.7. The van der Waals surface area contributed by atoms with Crippen LogP contribution >= 0.6 is 24.1 Å². The van der Waals surface area contributed by atoms with Gasteiger partial charge in [0, 0.05) is 0 Å². The molecule has 0 spiro atoms. The second-order valence-corrected chi connectivity index (χ2v) is 7.57. The fourth-order valence-corrected chi connectivity index (χ4v) is 4.44. The number of hydrogen-bond donors (Lipinski definition) is 0. The molecule has 4 nitrogen and oxygen atoms in total. The smallest absolute Gasteiger partial charge is 0.283 e. The Labute approximate surface area is 118 Å². The van der Waals surface area contributed by atoms with E-state index in [2.05, 4.69) is 16.3 Å². The van der Waals surface area contributed by atoms with Crippen LogP contribution in [0.15, 0.2) is 0 Å². The summed E-state index contributed by atoms with van der Waals surface area (Å²) < 4.78 is 28.5. The highest BCUT2D eigenvalue weighted by Gasteiger charge is 2.34. The summed E-state index contributed by atoms with van der Waals surface area (Å²) in [7, 11) is -3.42. The first-order valence-electron chi connectivity index (χ1n) is 6.99. The van der Waals surface area contributed by atoms with Gasteiger partial charge < -0.3 is 0 Å². The van der Waals surface area contributed by atoms with Gasteiger partial charge in [0.05, 0.1) is 12.2 Å². The molecule has 106 valence electrons. The van der Waals surface area contributed by atoms with E-state index in [-0.39, 0.29) is 12.2 Å². The van der Waals surface area contributed by atoms with Crippen LogP contribution in [0.3, 0.4) is 0 Å². The molecule has 2 aliphatic rings. The molecule has 2 fully saturated rings. The first kappa shape index (κ1) is 15.0. The van der Waals surface area contributed by atoms with E-state index in [1.165, 1.54) is 12.8 Å². The van der Waals surface area contributed by atoms with Crippen molar-refractivity contribution in [3.05, 3.63) is 0 Å². The SMILES string of the molecule is O=P(OBr)(OC1CCCCC1)OC1CCCCC1. The number of hydrogen-bond acceptors (Lipinski definition) is 4. The summed E-state index contributed by atoms with van der Waals surface area (Å²) in [6.45, 7) is 0. The van der Waals surface area contributed by atoms with Gasteiger partial charge in [-0.05, 0) is 25.7 Å². The van der Waals surface area contributed by atoms with E-state index in [0.717, 1.165) is 51.4 Å². The Balaban J connectivity index is 1.85. The van der Waals surface area contributed by atoms with Crippen molar-refractivity contribution in [2.45, 2.75) is 76.4 Å². The molecular weight excluding hydrogens is 319 g/mol. The minimum Gasteiger partial charge on any atom is -0.283 e. The topological polar surface area (TPSA) is 44.8 Å². The van der Waals surface area contributed by atoms with Gasteiger partial charge in [0.1, 0.15) is 16.3 Å². The van der Waals surface area contributed by atoms with Gasteiger partial charge in [0.25, 0.3) is 0 Å². The first-order valence-corrected chi connectivity index (χ1v) is 9.10. The molecule has 0 unspecified atom stereocenters. The molecule has 2 saturated carbocycles. The van der Waals surface area contributed by atoms with Gasteiger partial charge in [-0.1, -0.05) is 38.5 Å². The second-order valence-electron chi connectivity index (χ2n) is 5.25. The Morgan fingerprint density at radius 1 is 0.778 bits per heavy atom. The molecule has 0 bridgehead atoms. The highest BCUT2D eigenvalue weighted by molar-refractivity contribution is 9.06. The highest BCUT2D eigenvalue weighted by atomic mass is 79.9. The monoisotopic (exact) mass is 340 g/mol. The van der Waals surface area contributed by atoms with Crippen LogP contribution in [0.1, 0.15) is 64.2 Å². The van der Waals surface area contributed by atoms with E-state index < -0.39 is 7.82 Å². The van der Waals surface area contributed by atoms with E-state index in [4.69, 9.17) is 12.7 Å². The quantitative estimate of drug-likeness (QED) is 0.651. The highest BCUT2D eigenvalue weighted by Crippen LogP contribution is 2.55. The Morgan fingerprint density at radius 3 is 1.50 bits per heavy atom. The van der Waals surface area contributed by atoms with E-state index in [1.807, 2.05) is 0 Å². The predicted octanol–water partition coefficient (Wildman–Crippen LogP) is 5.12. The largest absolute Gasteiger partial charge is 0.486 e. The summed E-state index contributed by atoms with van der Waals surface area (Å²) in [5.74, 6) is 0. The lowest BCUT2D eigenvalue weighted by molar-refractivity contribution is 0.0560. The molecule has 0 N–H and O–H groups in total. The maximum atomic E-state index is 12.4. The molecule has 0 amide bonds. The van der Waals surface area contributed by atoms with Crippen molar-refractivity contribution in [1.82, 2.24) is 0 Å². The number of phosphoric acid groups is 1. The zero-order valence-corrected chi connectivity index (χ0v) is 13.2. The van der Waals surface area contributed by atoms with Crippen LogP contribution in [0.25, 0.3) is 0 Å². The maximum absolute atomic E-state index is 12.4. The molecule has 0 aromatic heterocycles. The van der Waals surface area contributed by atoms with Crippen molar-refractivity contribution >= 4 is 24.1 Å². The summed E-state index contributed by atoms with van der Waals surface area (Å²) in [6.07, 6.45) is 10.9. The normalized spacial score (nSPS) is 24.3. The molecule has 2 aliphatic carbocycles. The van der Waals surface area contributed by atoms with Crippen molar-refractivity contribution in [2.75, 3.05) is 0 Å². The number of rotatable bonds is 5. The molecule has 0 saturated heterocycles. The molecule has 0 atom stereocenters. The summed E-state index contributed by atoms with van der Waals surface area (Å²) in [4.78, 5) is 0. The molecule has 0 radical (unpaired) electrons. The summed E-state index contributed by atoms with van der Waals surface area (Å²) in [5.41, 5.74) is 0. The maximum Gasteiger partial charge on any atom is 0.486 e. The van der Waals surface area contributed by atoms with E-state index >= 15 is 0 Å². The van der Waals surface area contributed by atoms with Gasteiger partial charge in [0.2, 0.25) is 0 Å². The van der Waals surface area contributed by atoms with Gasteiger partial charge in [-0.2, -0.15) is 0 Å². The summed E-state index contributed by atoms with van der Waals surface area (Å²) in [5, 5.41) is 0. The Morgan fingerprint density at radius 2 is 1.17 bits per heavy atom. The van der Waals surface area contributed by atoms with Crippen LogP contribution in [0.4, 0.5) is 0 Å². The third-order valence-corrected chi connectivity index (χ3v) is 6.09. The summed E-state index contributed by atoms with van der Waals surface area (Å²) in [6, 6.07) is 0. The minimum atomic E-state index is -3.42. The van der Waals surface area contributed by atoms with Gasteiger partial charge in [-0.15, -0.1) is 0 Å². The minimum absolute atomic E-state index is 0.0192. The predicted molar refractivity (Wildman–Crippen MR) is 73.5 cm³/mol. The van der Waals surface area contributed by atoms with Crippen molar-refractivity contribution in [1.29, 1.82) is 0 Å². The van der Waals surface area contributed by atoms with Crippen molar-refractivity contribution in [2.24, 2.45) is 0 Å². The Hall–Kier alpha value is 0.590. The molecule has 18 heavy (non-hydrogen) atoms. The van der Waals surface area contributed by atoms with E-state index in [9.17, 15) is 4.57 Å². The van der Waals surface area contributed by atoms with Gasteiger partial charge in [-0.3, -0.25) is 9.05 Å². The van der Waals surface area contributed by atoms with Crippen molar-refractivity contribution in [3.63, 3.8) is 0 Å². The average molecular weight is 341 g/mol. The van der Waals surface area contributed by atoms with Crippen LogP contribution in [-0.4, -0.2) is 12.2 Å². The lowest BCUT2D eigenvalue weighted by Gasteiger charge is -2.28. The zero-order chi connectivity index (χ0) is 12.8. The fourth-order valence-electron chi connectivity index (χ4n) is 2.76. The molecule has 0 aliphatic heterocycles. The Bertz CT molecular complexity index is 264. The number of halogens is 1. The lowest BCUT2D eigenvalue weighted by Crippen LogP contribution is -2.20. The third-order valence-electron chi connectivity index (χ3n) is 3.75. The van der Waals surface area contributed by atoms with Gasteiger partial charge in [0.15, 0.2) is 0 Å². The van der Waals surface area contributed by atoms with Crippen LogP contribution in [0, 0.1) is 0 Å². The van der Waals surface area contributed by atoms with Crippen molar-refractivity contribution < 1.29 is 17.2 Å². The van der Waals surface area contributed by atoms with Gasteiger partial charge >= 0.3 is 7.82 Å². The van der Waals surface area contributed by atoms with Crippen LogP contribution in [0.2, 0.25) is 0 Å². The lowest BCUT2D eigenvalue weighted by atomic mass is 9.98. The van der Waals surface area contributed by atoms with E-state index in [0.29, 0.717) is 0 Å². The third kappa shape index (κ3) is 4.61. The van der Waals surface area contributed by atoms with Gasteiger partial charge in [-0.25, -0.2) is 8.18 Å². The van der Waals surface area contributed by atoms with E-state index in [1.54, 1.807) is 0 Å². The Kier molecular flexibility index (Phi) is 6.16. The molecule has 0 aromatic carbocycles. The van der Waals surface area contributed by atoms with Crippen molar-refractivity contribution in [3.8, 4) is 0 Å².